The van der Waals surface area contributed by atoms with Gasteiger partial charge < -0.3 is 9.84 Å². The highest BCUT2D eigenvalue weighted by atomic mass is 35.5. The lowest BCUT2D eigenvalue weighted by atomic mass is 9.94. The molecule has 0 spiro atoms. The number of carbonyl (C=O) groups is 1. The summed E-state index contributed by atoms with van der Waals surface area (Å²) in [6, 6.07) is 11.7. The highest BCUT2D eigenvalue weighted by Gasteiger charge is 2.21. The first-order chi connectivity index (χ1) is 16.8. The molecule has 35 heavy (non-hydrogen) atoms. The zero-order chi connectivity index (χ0) is 26.4. The Bertz CT molecular complexity index is 1070. The first-order valence-electron chi connectivity index (χ1n) is 11.8. The highest BCUT2D eigenvalue weighted by molar-refractivity contribution is 6.30. The van der Waals surface area contributed by atoms with Gasteiger partial charge >= 0.3 is 5.97 Å². The fraction of sp³-hybridized carbons (Fsp3) is 0.300. The molecule has 1 aliphatic carbocycles. The summed E-state index contributed by atoms with van der Waals surface area (Å²) in [5.41, 5.74) is 5.10. The second-order valence-corrected chi connectivity index (χ2v) is 8.17. The van der Waals surface area contributed by atoms with Gasteiger partial charge in [-0.1, -0.05) is 61.9 Å². The van der Waals surface area contributed by atoms with Crippen LogP contribution in [0.4, 0.5) is 4.39 Å². The third-order valence-electron chi connectivity index (χ3n) is 5.36. The van der Waals surface area contributed by atoms with Gasteiger partial charge in [0.25, 0.3) is 0 Å². The molecule has 1 aliphatic rings. The maximum absolute atomic E-state index is 13.1. The molecule has 0 bridgehead atoms. The Morgan fingerprint density at radius 2 is 1.77 bits per heavy atom. The van der Waals surface area contributed by atoms with Crippen molar-refractivity contribution in [2.75, 3.05) is 0 Å². The molecule has 2 aromatic rings. The van der Waals surface area contributed by atoms with Crippen molar-refractivity contribution in [1.82, 2.24) is 0 Å². The summed E-state index contributed by atoms with van der Waals surface area (Å²) >= 11 is 6.24. The van der Waals surface area contributed by atoms with Crippen molar-refractivity contribution in [1.29, 1.82) is 0 Å². The van der Waals surface area contributed by atoms with Crippen LogP contribution >= 0.6 is 11.6 Å². The lowest BCUT2D eigenvalue weighted by Crippen LogP contribution is -2.04. The normalized spacial score (nSPS) is 13.0. The van der Waals surface area contributed by atoms with Crippen molar-refractivity contribution in [3.8, 4) is 5.75 Å². The molecule has 0 atom stereocenters. The SMILES string of the molecule is C=C/C(C(=O)O)=C(\C)C1=C(Cc2cc(Cl)ccc2OCc2ccc(F)cc2)CCC1.C=CC.CC. The third kappa shape index (κ3) is 9.22. The van der Waals surface area contributed by atoms with Gasteiger partial charge in [-0.25, -0.2) is 9.18 Å². The van der Waals surface area contributed by atoms with Crippen LogP contribution in [0.15, 0.2) is 90.1 Å². The van der Waals surface area contributed by atoms with Gasteiger partial charge in [-0.05, 0) is 92.1 Å². The minimum Gasteiger partial charge on any atom is -0.489 e. The van der Waals surface area contributed by atoms with Gasteiger partial charge in [0.1, 0.15) is 18.2 Å². The monoisotopic (exact) mass is 498 g/mol. The van der Waals surface area contributed by atoms with E-state index in [9.17, 15) is 14.3 Å². The standard InChI is InChI=1S/C25H24ClFO3.C3H6.C2H6/c1-3-22(25(28)29)16(2)23-6-4-5-18(23)13-19-14-20(26)9-12-24(19)30-15-17-7-10-21(27)11-8-17;1-3-2;1-2/h3,7-12,14H,1,4-6,13,15H2,2H3,(H,28,29);3H,1H2,2H3;1-2H3/b22-16-;;. The summed E-state index contributed by atoms with van der Waals surface area (Å²) in [5.74, 6) is -0.533. The lowest BCUT2D eigenvalue weighted by molar-refractivity contribution is -0.132. The Morgan fingerprint density at radius 3 is 2.34 bits per heavy atom. The molecule has 2 aromatic carbocycles. The quantitative estimate of drug-likeness (QED) is 0.224. The average molecular weight is 499 g/mol. The second kappa shape index (κ2) is 15.7. The molecule has 0 aliphatic heterocycles. The second-order valence-electron chi connectivity index (χ2n) is 7.74. The molecule has 5 heteroatoms. The maximum atomic E-state index is 13.1. The molecule has 0 saturated heterocycles. The fourth-order valence-corrected chi connectivity index (χ4v) is 4.01. The summed E-state index contributed by atoms with van der Waals surface area (Å²) in [4.78, 5) is 11.5. The predicted molar refractivity (Wildman–Crippen MR) is 145 cm³/mol. The summed E-state index contributed by atoms with van der Waals surface area (Å²) in [5, 5.41) is 10.1. The Kier molecular flexibility index (Phi) is 13.4. The van der Waals surface area contributed by atoms with Crippen LogP contribution in [0, 0.1) is 5.82 Å². The molecule has 0 fully saturated rings. The van der Waals surface area contributed by atoms with Crippen LogP contribution in [0.25, 0.3) is 0 Å². The number of ether oxygens (including phenoxy) is 1. The van der Waals surface area contributed by atoms with Gasteiger partial charge in [0.2, 0.25) is 0 Å². The Morgan fingerprint density at radius 1 is 1.14 bits per heavy atom. The summed E-state index contributed by atoms with van der Waals surface area (Å²) in [7, 11) is 0. The molecule has 1 N–H and O–H groups in total. The smallest absolute Gasteiger partial charge is 0.335 e. The van der Waals surface area contributed by atoms with Crippen molar-refractivity contribution in [3.63, 3.8) is 0 Å². The average Bonchev–Trinajstić information content (AvgIpc) is 3.30. The number of allylic oxidation sites excluding steroid dienone is 4. The largest absolute Gasteiger partial charge is 0.489 e. The summed E-state index contributed by atoms with van der Waals surface area (Å²) < 4.78 is 19.1. The first kappa shape index (κ1) is 29.9. The van der Waals surface area contributed by atoms with Gasteiger partial charge in [0, 0.05) is 5.02 Å². The molecule has 0 radical (unpaired) electrons. The van der Waals surface area contributed by atoms with E-state index in [0.717, 1.165) is 41.5 Å². The van der Waals surface area contributed by atoms with Crippen molar-refractivity contribution in [2.24, 2.45) is 0 Å². The summed E-state index contributed by atoms with van der Waals surface area (Å²) in [6.07, 6.45) is 6.52. The molecular formula is C30H36ClFO3. The van der Waals surface area contributed by atoms with Crippen LogP contribution in [-0.2, 0) is 17.8 Å². The molecule has 0 amide bonds. The number of hydrogen-bond acceptors (Lipinski definition) is 2. The Hall–Kier alpha value is -3.11. The number of carboxylic acids is 1. The number of aliphatic carboxylic acids is 1. The van der Waals surface area contributed by atoms with Crippen LogP contribution in [0.5, 0.6) is 5.75 Å². The number of rotatable bonds is 8. The van der Waals surface area contributed by atoms with E-state index < -0.39 is 5.97 Å². The zero-order valence-electron chi connectivity index (χ0n) is 21.2. The van der Waals surface area contributed by atoms with Gasteiger partial charge in [-0.2, -0.15) is 0 Å². The van der Waals surface area contributed by atoms with E-state index in [0.29, 0.717) is 23.8 Å². The van der Waals surface area contributed by atoms with E-state index in [-0.39, 0.29) is 11.4 Å². The number of halogens is 2. The third-order valence-corrected chi connectivity index (χ3v) is 5.59. The van der Waals surface area contributed by atoms with E-state index in [2.05, 4.69) is 13.2 Å². The molecule has 3 nitrogen and oxygen atoms in total. The van der Waals surface area contributed by atoms with E-state index in [4.69, 9.17) is 16.3 Å². The van der Waals surface area contributed by atoms with E-state index in [1.807, 2.05) is 39.8 Å². The van der Waals surface area contributed by atoms with Crippen LogP contribution in [0.1, 0.15) is 58.1 Å². The van der Waals surface area contributed by atoms with Gasteiger partial charge in [0.05, 0.1) is 5.57 Å². The van der Waals surface area contributed by atoms with E-state index >= 15 is 0 Å². The lowest BCUT2D eigenvalue weighted by Gasteiger charge is -2.15. The number of benzene rings is 2. The van der Waals surface area contributed by atoms with Crippen LogP contribution < -0.4 is 4.74 Å². The topological polar surface area (TPSA) is 46.5 Å². The van der Waals surface area contributed by atoms with Crippen LogP contribution in [0.3, 0.4) is 0 Å². The zero-order valence-corrected chi connectivity index (χ0v) is 21.9. The molecular weight excluding hydrogens is 463 g/mol. The minimum atomic E-state index is -0.965. The molecule has 0 aromatic heterocycles. The molecule has 3 rings (SSSR count). The molecule has 0 heterocycles. The summed E-state index contributed by atoms with van der Waals surface area (Å²) in [6.45, 7) is 15.1. The first-order valence-corrected chi connectivity index (χ1v) is 12.2. The fourth-order valence-electron chi connectivity index (χ4n) is 3.82. The van der Waals surface area contributed by atoms with Gasteiger partial charge in [0.15, 0.2) is 0 Å². The Balaban J connectivity index is 0.00000114. The van der Waals surface area contributed by atoms with E-state index in [1.165, 1.54) is 23.8 Å². The van der Waals surface area contributed by atoms with Gasteiger partial charge in [-0.3, -0.25) is 0 Å². The minimum absolute atomic E-state index is 0.239. The van der Waals surface area contributed by atoms with Gasteiger partial charge in [-0.15, -0.1) is 6.58 Å². The van der Waals surface area contributed by atoms with Crippen molar-refractivity contribution >= 4 is 17.6 Å². The van der Waals surface area contributed by atoms with E-state index in [1.54, 1.807) is 24.3 Å². The highest BCUT2D eigenvalue weighted by Crippen LogP contribution is 2.37. The maximum Gasteiger partial charge on any atom is 0.335 e. The van der Waals surface area contributed by atoms with Crippen LogP contribution in [-0.4, -0.2) is 11.1 Å². The van der Waals surface area contributed by atoms with Crippen LogP contribution in [0.2, 0.25) is 5.02 Å². The Labute approximate surface area is 214 Å². The molecule has 0 unspecified atom stereocenters. The number of carboxylic acid groups (broad SMARTS) is 1. The van der Waals surface area contributed by atoms with Crippen molar-refractivity contribution in [3.05, 3.63) is 112 Å². The molecule has 188 valence electrons. The predicted octanol–water partition coefficient (Wildman–Crippen LogP) is 8.89. The van der Waals surface area contributed by atoms with Crippen molar-refractivity contribution in [2.45, 2.75) is 60.0 Å². The van der Waals surface area contributed by atoms with Crippen molar-refractivity contribution < 1.29 is 19.0 Å². The molecule has 0 saturated carbocycles. The number of hydrogen-bond donors (Lipinski definition) is 1.